The molecule has 1 heterocycles. The molecule has 0 saturated carbocycles. The molecule has 1 unspecified atom stereocenters. The van der Waals surface area contributed by atoms with Crippen LogP contribution in [0.25, 0.3) is 0 Å². The molecular weight excluding hydrogens is 292 g/mol. The summed E-state index contributed by atoms with van der Waals surface area (Å²) >= 11 is 5.67. The molecule has 0 aliphatic rings. The van der Waals surface area contributed by atoms with E-state index in [0.29, 0.717) is 29.6 Å². The zero-order valence-corrected chi connectivity index (χ0v) is 13.1. The number of carbonyl (C=O) groups excluding carboxylic acids is 1. The van der Waals surface area contributed by atoms with Crippen LogP contribution in [0.15, 0.2) is 18.3 Å². The van der Waals surface area contributed by atoms with Gasteiger partial charge in [0, 0.05) is 19.2 Å². The van der Waals surface area contributed by atoms with E-state index in [0.717, 1.165) is 6.42 Å². The Labute approximate surface area is 129 Å². The maximum Gasteiger partial charge on any atom is 0.303 e. The molecule has 1 amide bonds. The topological polar surface area (TPSA) is 79.3 Å². The molecule has 1 aromatic rings. The van der Waals surface area contributed by atoms with Crippen molar-refractivity contribution in [1.29, 1.82) is 0 Å². The van der Waals surface area contributed by atoms with Crippen LogP contribution in [0, 0.1) is 11.8 Å². The molecule has 1 atom stereocenters. The molecule has 116 valence electrons. The summed E-state index contributed by atoms with van der Waals surface area (Å²) in [6.45, 7) is 4.65. The van der Waals surface area contributed by atoms with Gasteiger partial charge >= 0.3 is 5.97 Å². The molecular formula is C15H21ClN2O3. The van der Waals surface area contributed by atoms with Crippen LogP contribution in [0.3, 0.4) is 0 Å². The first-order chi connectivity index (χ1) is 9.90. The van der Waals surface area contributed by atoms with Crippen molar-refractivity contribution in [3.63, 3.8) is 0 Å². The summed E-state index contributed by atoms with van der Waals surface area (Å²) in [5.74, 6) is -0.306. The molecule has 0 radical (unpaired) electrons. The second-order valence-corrected chi connectivity index (χ2v) is 5.74. The molecule has 5 nitrogen and oxygen atoms in total. The van der Waals surface area contributed by atoms with Gasteiger partial charge in [-0.1, -0.05) is 25.4 Å². The van der Waals surface area contributed by atoms with Crippen LogP contribution >= 0.6 is 11.6 Å². The fraction of sp³-hybridized carbons (Fsp3) is 0.533. The highest BCUT2D eigenvalue weighted by molar-refractivity contribution is 6.29. The number of carboxylic acid groups (broad SMARTS) is 1. The average Bonchev–Trinajstić information content (AvgIpc) is 2.42. The summed E-state index contributed by atoms with van der Waals surface area (Å²) in [6.07, 6.45) is 2.99. The van der Waals surface area contributed by atoms with Gasteiger partial charge in [0.25, 0.3) is 5.91 Å². The normalized spacial score (nSPS) is 12.2. The van der Waals surface area contributed by atoms with Crippen molar-refractivity contribution in [1.82, 2.24) is 10.3 Å². The molecule has 21 heavy (non-hydrogen) atoms. The van der Waals surface area contributed by atoms with E-state index in [1.54, 1.807) is 12.1 Å². The van der Waals surface area contributed by atoms with Gasteiger partial charge in [0.15, 0.2) is 0 Å². The van der Waals surface area contributed by atoms with Crippen LogP contribution in [0.1, 0.15) is 43.5 Å². The third-order valence-corrected chi connectivity index (χ3v) is 3.69. The summed E-state index contributed by atoms with van der Waals surface area (Å²) in [6, 6.07) is 3.19. The Morgan fingerprint density at radius 1 is 1.33 bits per heavy atom. The van der Waals surface area contributed by atoms with E-state index in [9.17, 15) is 9.59 Å². The summed E-state index contributed by atoms with van der Waals surface area (Å²) < 4.78 is 0. The number of nitrogens with zero attached hydrogens (tertiary/aromatic N) is 1. The highest BCUT2D eigenvalue weighted by Gasteiger charge is 2.15. The molecule has 0 fully saturated rings. The summed E-state index contributed by atoms with van der Waals surface area (Å²) in [5.41, 5.74) is 0.464. The van der Waals surface area contributed by atoms with Gasteiger partial charge in [0.05, 0.1) is 5.56 Å². The van der Waals surface area contributed by atoms with E-state index >= 15 is 0 Å². The highest BCUT2D eigenvalue weighted by Crippen LogP contribution is 2.20. The zero-order chi connectivity index (χ0) is 15.8. The largest absolute Gasteiger partial charge is 0.481 e. The number of amides is 1. The molecule has 2 N–H and O–H groups in total. The first kappa shape index (κ1) is 17.4. The van der Waals surface area contributed by atoms with Crippen LogP contribution in [-0.4, -0.2) is 28.5 Å². The van der Waals surface area contributed by atoms with Gasteiger partial charge in [0.1, 0.15) is 5.15 Å². The number of halogens is 1. The molecule has 1 aromatic heterocycles. The molecule has 6 heteroatoms. The first-order valence-corrected chi connectivity index (χ1v) is 7.39. The van der Waals surface area contributed by atoms with Crippen molar-refractivity contribution in [2.75, 3.05) is 6.54 Å². The Bertz CT molecular complexity index is 474. The van der Waals surface area contributed by atoms with E-state index in [1.807, 2.05) is 0 Å². The van der Waals surface area contributed by atoms with Gasteiger partial charge < -0.3 is 10.4 Å². The lowest BCUT2D eigenvalue weighted by Gasteiger charge is -2.20. The van der Waals surface area contributed by atoms with Crippen LogP contribution in [0.4, 0.5) is 0 Å². The minimum absolute atomic E-state index is 0.165. The molecule has 0 aromatic carbocycles. The number of aromatic nitrogens is 1. The van der Waals surface area contributed by atoms with E-state index < -0.39 is 5.97 Å². The number of carboxylic acids is 1. The van der Waals surface area contributed by atoms with E-state index in [4.69, 9.17) is 16.7 Å². The molecule has 0 spiro atoms. The molecule has 0 aliphatic carbocycles. The number of rotatable bonds is 8. The van der Waals surface area contributed by atoms with Crippen molar-refractivity contribution in [3.05, 3.63) is 29.0 Å². The van der Waals surface area contributed by atoms with Crippen molar-refractivity contribution < 1.29 is 14.7 Å². The quantitative estimate of drug-likeness (QED) is 0.723. The maximum atomic E-state index is 11.9. The van der Waals surface area contributed by atoms with Crippen LogP contribution in [-0.2, 0) is 4.79 Å². The van der Waals surface area contributed by atoms with Crippen molar-refractivity contribution in [2.45, 2.75) is 33.1 Å². The average molecular weight is 313 g/mol. The predicted molar refractivity (Wildman–Crippen MR) is 81.4 cm³/mol. The van der Waals surface area contributed by atoms with Gasteiger partial charge in [-0.2, -0.15) is 0 Å². The second kappa shape index (κ2) is 8.62. The van der Waals surface area contributed by atoms with Crippen molar-refractivity contribution in [2.24, 2.45) is 11.8 Å². The van der Waals surface area contributed by atoms with Crippen LogP contribution in [0.5, 0.6) is 0 Å². The minimum atomic E-state index is -0.781. The summed E-state index contributed by atoms with van der Waals surface area (Å²) in [7, 11) is 0. The molecule has 1 rings (SSSR count). The number of hydrogen-bond acceptors (Lipinski definition) is 3. The Morgan fingerprint density at radius 3 is 2.57 bits per heavy atom. The third-order valence-electron chi connectivity index (χ3n) is 3.46. The Hall–Kier alpha value is -1.62. The molecule has 0 saturated heterocycles. The lowest BCUT2D eigenvalue weighted by atomic mass is 9.88. The predicted octanol–water partition coefficient (Wildman–Crippen LogP) is 2.99. The maximum absolute atomic E-state index is 11.9. The first-order valence-electron chi connectivity index (χ1n) is 7.01. The smallest absolute Gasteiger partial charge is 0.303 e. The highest BCUT2D eigenvalue weighted by atomic mass is 35.5. The van der Waals surface area contributed by atoms with Crippen molar-refractivity contribution >= 4 is 23.5 Å². The minimum Gasteiger partial charge on any atom is -0.481 e. The standard InChI is InChI=1S/C15H21ClN2O3/c1-10(2)11(4-6-14(19)20)7-8-17-15(21)12-3-5-13(16)18-9-12/h3,5,9-11H,4,6-8H2,1-2H3,(H,17,21)(H,19,20). The Morgan fingerprint density at radius 2 is 2.05 bits per heavy atom. The summed E-state index contributed by atoms with van der Waals surface area (Å²) in [4.78, 5) is 26.4. The molecule has 0 aliphatic heterocycles. The van der Waals surface area contributed by atoms with E-state index in [2.05, 4.69) is 24.1 Å². The van der Waals surface area contributed by atoms with Gasteiger partial charge in [-0.05, 0) is 36.8 Å². The lowest BCUT2D eigenvalue weighted by molar-refractivity contribution is -0.137. The van der Waals surface area contributed by atoms with Gasteiger partial charge in [0.2, 0.25) is 0 Å². The summed E-state index contributed by atoms with van der Waals surface area (Å²) in [5, 5.41) is 11.9. The Kier molecular flexibility index (Phi) is 7.15. The fourth-order valence-electron chi connectivity index (χ4n) is 2.10. The number of aliphatic carboxylic acids is 1. The second-order valence-electron chi connectivity index (χ2n) is 5.35. The van der Waals surface area contributed by atoms with Crippen LogP contribution in [0.2, 0.25) is 5.15 Å². The Balaban J connectivity index is 2.40. The molecule has 0 bridgehead atoms. The van der Waals surface area contributed by atoms with Gasteiger partial charge in [-0.25, -0.2) is 4.98 Å². The number of nitrogens with one attached hydrogen (secondary N) is 1. The fourth-order valence-corrected chi connectivity index (χ4v) is 2.21. The van der Waals surface area contributed by atoms with Gasteiger partial charge in [-0.15, -0.1) is 0 Å². The van der Waals surface area contributed by atoms with Crippen LogP contribution < -0.4 is 5.32 Å². The monoisotopic (exact) mass is 312 g/mol. The number of pyridine rings is 1. The lowest BCUT2D eigenvalue weighted by Crippen LogP contribution is -2.27. The van der Waals surface area contributed by atoms with E-state index in [1.165, 1.54) is 6.20 Å². The number of hydrogen-bond donors (Lipinski definition) is 2. The number of carbonyl (C=O) groups is 2. The van der Waals surface area contributed by atoms with Crippen molar-refractivity contribution in [3.8, 4) is 0 Å². The van der Waals surface area contributed by atoms with Gasteiger partial charge in [-0.3, -0.25) is 9.59 Å². The van der Waals surface area contributed by atoms with E-state index in [-0.39, 0.29) is 18.2 Å². The zero-order valence-electron chi connectivity index (χ0n) is 12.3. The third kappa shape index (κ3) is 6.58. The SMILES string of the molecule is CC(C)C(CCNC(=O)c1ccc(Cl)nc1)CCC(=O)O.